The Hall–Kier alpha value is -0.250. The summed E-state index contributed by atoms with van der Waals surface area (Å²) in [5.74, 6) is 1.63. The first-order valence-electron chi connectivity index (χ1n) is 13.5. The van der Waals surface area contributed by atoms with Gasteiger partial charge < -0.3 is 15.3 Å². The van der Waals surface area contributed by atoms with E-state index in [-0.39, 0.29) is 47.2 Å². The Kier molecular flexibility index (Phi) is 7.54. The molecule has 0 aromatic rings. The summed E-state index contributed by atoms with van der Waals surface area (Å²) >= 11 is 0. The van der Waals surface area contributed by atoms with Crippen LogP contribution in [0.3, 0.4) is 0 Å². The predicted molar refractivity (Wildman–Crippen MR) is 129 cm³/mol. The summed E-state index contributed by atoms with van der Waals surface area (Å²) in [5.41, 5.74) is -0.123. The van der Waals surface area contributed by atoms with Gasteiger partial charge in [-0.3, -0.25) is 4.55 Å². The smallest absolute Gasteiger partial charge is 0.393 e. The predicted octanol–water partition coefficient (Wildman–Crippen LogP) is 3.82. The minimum atomic E-state index is -4.40. The van der Waals surface area contributed by atoms with Crippen molar-refractivity contribution in [1.29, 1.82) is 0 Å². The lowest BCUT2D eigenvalue weighted by molar-refractivity contribution is -0.235. The van der Waals surface area contributed by atoms with E-state index in [2.05, 4.69) is 31.9 Å². The highest BCUT2D eigenvalue weighted by molar-refractivity contribution is 7.80. The van der Waals surface area contributed by atoms with Crippen molar-refractivity contribution in [2.24, 2.45) is 52.3 Å². The van der Waals surface area contributed by atoms with Gasteiger partial charge in [0.25, 0.3) is 0 Å². The van der Waals surface area contributed by atoms with E-state index in [1.54, 1.807) is 0 Å². The summed E-state index contributed by atoms with van der Waals surface area (Å²) in [4.78, 5) is 0. The fraction of sp³-hybridized carbons (Fsp3) is 1.00. The van der Waals surface area contributed by atoms with E-state index in [4.69, 9.17) is 4.55 Å². The van der Waals surface area contributed by atoms with Crippen molar-refractivity contribution in [3.63, 3.8) is 0 Å². The molecule has 4 fully saturated rings. The molecule has 4 aliphatic rings. The number of hydrogen-bond acceptors (Lipinski definition) is 6. The van der Waals surface area contributed by atoms with Crippen molar-refractivity contribution in [3.05, 3.63) is 0 Å². The lowest BCUT2D eigenvalue weighted by Crippen LogP contribution is -2.65. The number of hydrogen-bond donors (Lipinski definition) is 4. The molecule has 0 radical (unpaired) electrons. The van der Waals surface area contributed by atoms with Crippen LogP contribution in [0, 0.1) is 52.3 Å². The van der Waals surface area contributed by atoms with Gasteiger partial charge in [-0.1, -0.05) is 34.1 Å². The molecule has 7 nitrogen and oxygen atoms in total. The second-order valence-corrected chi connectivity index (χ2v) is 13.7. The Morgan fingerprint density at radius 3 is 2.41 bits per heavy atom. The number of rotatable bonds is 7. The highest BCUT2D eigenvalue weighted by Crippen LogP contribution is 2.69. The van der Waals surface area contributed by atoms with Crippen molar-refractivity contribution in [2.45, 2.75) is 104 Å². The average Bonchev–Trinajstić information content (AvgIpc) is 3.08. The molecule has 34 heavy (non-hydrogen) atoms. The van der Waals surface area contributed by atoms with Gasteiger partial charge in [0, 0.05) is 0 Å². The SMILES string of the molecule is CC[C@H]1[C@@H](O)C2C3CC[C@H]([C@H](C)CCCOS(=O)(=O)O)[C@@]3(C)C[C@H](O)C2[C@@]2(C)CC[C@@H](O)C[C@@H]12. The average molecular weight is 503 g/mol. The maximum Gasteiger partial charge on any atom is 0.397 e. The van der Waals surface area contributed by atoms with E-state index < -0.39 is 22.6 Å². The van der Waals surface area contributed by atoms with E-state index in [1.165, 1.54) is 0 Å². The quantitative estimate of drug-likeness (QED) is 0.308. The minimum absolute atomic E-state index is 0.0220. The summed E-state index contributed by atoms with van der Waals surface area (Å²) in [6, 6.07) is 0. The molecule has 4 aliphatic carbocycles. The molecular weight excluding hydrogens is 456 g/mol. The van der Waals surface area contributed by atoms with E-state index in [9.17, 15) is 23.7 Å². The number of aliphatic hydroxyl groups excluding tert-OH is 3. The molecule has 0 spiro atoms. The monoisotopic (exact) mass is 502 g/mol. The van der Waals surface area contributed by atoms with Crippen LogP contribution in [0.2, 0.25) is 0 Å². The third kappa shape index (κ3) is 4.49. The first-order valence-corrected chi connectivity index (χ1v) is 14.9. The summed E-state index contributed by atoms with van der Waals surface area (Å²) in [7, 11) is -4.40. The highest BCUT2D eigenvalue weighted by atomic mass is 32.3. The first kappa shape index (κ1) is 26.8. The van der Waals surface area contributed by atoms with E-state index >= 15 is 0 Å². The molecule has 4 saturated carbocycles. The Balaban J connectivity index is 1.56. The topological polar surface area (TPSA) is 124 Å². The molecule has 0 bridgehead atoms. The maximum absolute atomic E-state index is 11.8. The van der Waals surface area contributed by atoms with Crippen molar-refractivity contribution < 1.29 is 32.5 Å². The Bertz CT molecular complexity index is 833. The molecule has 0 aromatic carbocycles. The van der Waals surface area contributed by atoms with Gasteiger partial charge in [0.05, 0.1) is 24.9 Å². The van der Waals surface area contributed by atoms with Crippen LogP contribution in [-0.4, -0.2) is 53.2 Å². The summed E-state index contributed by atoms with van der Waals surface area (Å²) in [6.07, 6.45) is 6.30. The van der Waals surface area contributed by atoms with Crippen molar-refractivity contribution in [3.8, 4) is 0 Å². The van der Waals surface area contributed by atoms with Crippen LogP contribution in [0.5, 0.6) is 0 Å². The van der Waals surface area contributed by atoms with Crippen LogP contribution in [0.25, 0.3) is 0 Å². The second kappa shape index (κ2) is 9.56. The number of aliphatic hydroxyl groups is 3. The molecule has 8 heteroatoms. The van der Waals surface area contributed by atoms with Gasteiger partial charge in [0.2, 0.25) is 0 Å². The van der Waals surface area contributed by atoms with Gasteiger partial charge in [-0.25, -0.2) is 4.18 Å². The lowest BCUT2D eigenvalue weighted by Gasteiger charge is -2.66. The van der Waals surface area contributed by atoms with Gasteiger partial charge in [-0.05, 0) is 104 Å². The van der Waals surface area contributed by atoms with Crippen LogP contribution in [0.15, 0.2) is 0 Å². The first-order chi connectivity index (χ1) is 15.8. The third-order valence-electron chi connectivity index (χ3n) is 11.1. The standard InChI is InChI=1S/C26H46O7S/c1-5-17-20-13-16(27)10-11-25(20,3)23-21(28)14-26(4)18(8-9-19(26)22(23)24(17)29)15(2)7-6-12-33-34(30,31)32/h15-24,27-29H,5-14H2,1-4H3,(H,30,31,32)/t15-,16-,17-,18-,19?,20+,21+,22?,23?,24-,25+,26-/m1/s1. The van der Waals surface area contributed by atoms with Crippen LogP contribution in [0.1, 0.15) is 85.5 Å². The molecular formula is C26H46O7S. The molecule has 3 unspecified atom stereocenters. The molecule has 198 valence electrons. The van der Waals surface area contributed by atoms with E-state index in [1.807, 2.05) is 0 Å². The van der Waals surface area contributed by atoms with Gasteiger partial charge in [-0.2, -0.15) is 8.42 Å². The molecule has 0 aromatic heterocycles. The molecule has 4 rings (SSSR count). The molecule has 0 saturated heterocycles. The van der Waals surface area contributed by atoms with E-state index in [0.29, 0.717) is 24.2 Å². The largest absolute Gasteiger partial charge is 0.397 e. The Labute approximate surface area is 205 Å². The van der Waals surface area contributed by atoms with Crippen molar-refractivity contribution >= 4 is 10.4 Å². The summed E-state index contributed by atoms with van der Waals surface area (Å²) in [5, 5.41) is 33.9. The van der Waals surface area contributed by atoms with Gasteiger partial charge >= 0.3 is 10.4 Å². The lowest BCUT2D eigenvalue weighted by atomic mass is 9.40. The number of fused-ring (bicyclic) bond motifs is 5. The Morgan fingerprint density at radius 2 is 1.76 bits per heavy atom. The molecule has 0 amide bonds. The fourth-order valence-electron chi connectivity index (χ4n) is 9.82. The zero-order chi connectivity index (χ0) is 25.1. The molecule has 0 aliphatic heterocycles. The van der Waals surface area contributed by atoms with Crippen LogP contribution < -0.4 is 0 Å². The fourth-order valence-corrected chi connectivity index (χ4v) is 10.1. The van der Waals surface area contributed by atoms with Gasteiger partial charge in [0.1, 0.15) is 0 Å². The van der Waals surface area contributed by atoms with Gasteiger partial charge in [-0.15, -0.1) is 0 Å². The van der Waals surface area contributed by atoms with Crippen LogP contribution in [0.4, 0.5) is 0 Å². The van der Waals surface area contributed by atoms with Gasteiger partial charge in [0.15, 0.2) is 0 Å². The summed E-state index contributed by atoms with van der Waals surface area (Å²) < 4.78 is 35.0. The second-order valence-electron chi connectivity index (χ2n) is 12.6. The minimum Gasteiger partial charge on any atom is -0.393 e. The zero-order valence-corrected chi connectivity index (χ0v) is 22.1. The molecule has 4 N–H and O–H groups in total. The normalized spacial score (nSPS) is 49.7. The Morgan fingerprint density at radius 1 is 1.06 bits per heavy atom. The molecule has 12 atom stereocenters. The van der Waals surface area contributed by atoms with Crippen LogP contribution >= 0.6 is 0 Å². The molecule has 0 heterocycles. The highest BCUT2D eigenvalue weighted by Gasteiger charge is 2.67. The zero-order valence-electron chi connectivity index (χ0n) is 21.3. The van der Waals surface area contributed by atoms with Crippen molar-refractivity contribution in [2.75, 3.05) is 6.61 Å². The summed E-state index contributed by atoms with van der Waals surface area (Å²) in [6.45, 7) is 8.98. The van der Waals surface area contributed by atoms with Crippen LogP contribution in [-0.2, 0) is 14.6 Å². The van der Waals surface area contributed by atoms with E-state index in [0.717, 1.165) is 51.4 Å². The van der Waals surface area contributed by atoms with Crippen molar-refractivity contribution in [1.82, 2.24) is 0 Å². The third-order valence-corrected chi connectivity index (χ3v) is 11.6. The maximum atomic E-state index is 11.8.